The molecule has 1 aliphatic rings. The maximum atomic E-state index is 13.1. The Hall–Kier alpha value is -2.05. The molecule has 1 aliphatic heterocycles. The van der Waals surface area contributed by atoms with Gasteiger partial charge in [-0.3, -0.25) is 9.59 Å². The van der Waals surface area contributed by atoms with Crippen LogP contribution in [-0.4, -0.2) is 18.4 Å². The molecule has 1 heterocycles. The molecule has 21 heavy (non-hydrogen) atoms. The Balaban J connectivity index is 2.59. The molecule has 0 bridgehead atoms. The normalized spacial score (nSPS) is 17.9. The Morgan fingerprint density at radius 1 is 1.38 bits per heavy atom. The van der Waals surface area contributed by atoms with Crippen molar-refractivity contribution in [1.29, 1.82) is 0 Å². The van der Waals surface area contributed by atoms with Crippen molar-refractivity contribution < 1.29 is 22.8 Å². The van der Waals surface area contributed by atoms with Gasteiger partial charge in [0.2, 0.25) is 5.91 Å². The van der Waals surface area contributed by atoms with Crippen molar-refractivity contribution in [3.05, 3.63) is 29.3 Å². The second-order valence-electron chi connectivity index (χ2n) is 4.86. The van der Waals surface area contributed by atoms with Crippen LogP contribution >= 0.6 is 0 Å². The summed E-state index contributed by atoms with van der Waals surface area (Å²) in [6.45, 7) is 3.17. The first-order valence-corrected chi connectivity index (χ1v) is 6.56. The molecule has 1 aromatic carbocycles. The third-order valence-electron chi connectivity index (χ3n) is 3.26. The number of nitrogens with one attached hydrogen (secondary N) is 1. The number of anilines is 1. The summed E-state index contributed by atoms with van der Waals surface area (Å²) in [7, 11) is 0. The van der Waals surface area contributed by atoms with Crippen molar-refractivity contribution in [1.82, 2.24) is 5.32 Å². The molecule has 1 N–H and O–H groups in total. The van der Waals surface area contributed by atoms with E-state index in [-0.39, 0.29) is 17.8 Å². The molecule has 0 aliphatic carbocycles. The lowest BCUT2D eigenvalue weighted by molar-refractivity contribution is -0.137. The van der Waals surface area contributed by atoms with E-state index in [1.165, 1.54) is 19.1 Å². The molecule has 0 fully saturated rings. The molecule has 1 atom stereocenters. The molecule has 114 valence electrons. The highest BCUT2D eigenvalue weighted by atomic mass is 19.4. The van der Waals surface area contributed by atoms with Crippen molar-refractivity contribution in [2.45, 2.75) is 32.5 Å². The number of amides is 2. The van der Waals surface area contributed by atoms with Crippen LogP contribution in [0, 0.1) is 0 Å². The van der Waals surface area contributed by atoms with E-state index in [0.717, 1.165) is 11.0 Å². The first-order valence-electron chi connectivity index (χ1n) is 6.56. The lowest BCUT2D eigenvalue weighted by atomic mass is 10.0. The molecule has 0 aromatic heterocycles. The first-order chi connectivity index (χ1) is 9.77. The molecule has 0 spiro atoms. The Morgan fingerprint density at radius 2 is 2.05 bits per heavy atom. The molecule has 1 aromatic rings. The zero-order valence-corrected chi connectivity index (χ0v) is 11.6. The first kappa shape index (κ1) is 15.3. The number of hydrogen-bond acceptors (Lipinski definition) is 2. The van der Waals surface area contributed by atoms with Crippen LogP contribution < -0.4 is 10.2 Å². The number of carbonyl (C=O) groups is 2. The summed E-state index contributed by atoms with van der Waals surface area (Å²) in [5, 5.41) is 2.42. The van der Waals surface area contributed by atoms with Crippen molar-refractivity contribution in [2.75, 3.05) is 11.4 Å². The van der Waals surface area contributed by atoms with Gasteiger partial charge in [-0.1, -0.05) is 19.1 Å². The van der Waals surface area contributed by atoms with Gasteiger partial charge < -0.3 is 10.2 Å². The molecule has 7 heteroatoms. The van der Waals surface area contributed by atoms with Gasteiger partial charge in [-0.15, -0.1) is 0 Å². The number of halogens is 3. The lowest BCUT2D eigenvalue weighted by Crippen LogP contribution is -2.37. The van der Waals surface area contributed by atoms with Gasteiger partial charge in [-0.05, 0) is 12.5 Å². The number of rotatable bonds is 3. The highest BCUT2D eigenvalue weighted by molar-refractivity contribution is 6.07. The van der Waals surface area contributed by atoms with E-state index in [0.29, 0.717) is 6.42 Å². The molecule has 4 nitrogen and oxygen atoms in total. The summed E-state index contributed by atoms with van der Waals surface area (Å²) in [6.07, 6.45) is -4.03. The second-order valence-corrected chi connectivity index (χ2v) is 4.86. The van der Waals surface area contributed by atoms with Crippen LogP contribution in [0.15, 0.2) is 18.2 Å². The van der Waals surface area contributed by atoms with E-state index < -0.39 is 29.6 Å². The SMILES string of the molecule is CCCN1C(=O)[C@H](NC(C)=O)c2cccc(C(F)(F)F)c21. The van der Waals surface area contributed by atoms with E-state index in [1.54, 1.807) is 6.92 Å². The highest BCUT2D eigenvalue weighted by Crippen LogP contribution is 2.45. The van der Waals surface area contributed by atoms with Gasteiger partial charge in [0.25, 0.3) is 5.91 Å². The van der Waals surface area contributed by atoms with Crippen LogP contribution in [0.5, 0.6) is 0 Å². The summed E-state index contributed by atoms with van der Waals surface area (Å²) in [5.74, 6) is -0.992. The number of carbonyl (C=O) groups excluding carboxylic acids is 2. The minimum Gasteiger partial charge on any atom is -0.341 e. The number of nitrogens with zero attached hydrogens (tertiary/aromatic N) is 1. The van der Waals surface area contributed by atoms with Crippen molar-refractivity contribution >= 4 is 17.5 Å². The van der Waals surface area contributed by atoms with E-state index in [2.05, 4.69) is 5.32 Å². The Bertz CT molecular complexity index is 584. The van der Waals surface area contributed by atoms with Gasteiger partial charge in [-0.2, -0.15) is 13.2 Å². The van der Waals surface area contributed by atoms with Crippen molar-refractivity contribution in [3.63, 3.8) is 0 Å². The van der Waals surface area contributed by atoms with Gasteiger partial charge in [0.1, 0.15) is 6.04 Å². The molecular weight excluding hydrogens is 285 g/mol. The van der Waals surface area contributed by atoms with E-state index >= 15 is 0 Å². The minimum atomic E-state index is -4.55. The monoisotopic (exact) mass is 300 g/mol. The summed E-state index contributed by atoms with van der Waals surface area (Å²) in [4.78, 5) is 24.6. The van der Waals surface area contributed by atoms with Crippen LogP contribution in [0.1, 0.15) is 37.4 Å². The van der Waals surface area contributed by atoms with E-state index in [1.807, 2.05) is 0 Å². The second kappa shape index (κ2) is 5.38. The zero-order chi connectivity index (χ0) is 15.8. The Kier molecular flexibility index (Phi) is 3.93. The Labute approximate surface area is 119 Å². The lowest BCUT2D eigenvalue weighted by Gasteiger charge is -2.20. The summed E-state index contributed by atoms with van der Waals surface area (Å²) >= 11 is 0. The zero-order valence-electron chi connectivity index (χ0n) is 11.6. The molecule has 2 rings (SSSR count). The standard InChI is InChI=1S/C14H15F3N2O2/c1-3-7-19-12-9(11(13(19)21)18-8(2)20)5-4-6-10(12)14(15,16)17/h4-6,11H,3,7H2,1-2H3,(H,18,20)/t11-/m1/s1. The molecule has 0 saturated heterocycles. The maximum Gasteiger partial charge on any atom is 0.418 e. The van der Waals surface area contributed by atoms with Crippen LogP contribution in [0.3, 0.4) is 0 Å². The topological polar surface area (TPSA) is 49.4 Å². The van der Waals surface area contributed by atoms with Gasteiger partial charge in [-0.25, -0.2) is 0 Å². The number of fused-ring (bicyclic) bond motifs is 1. The van der Waals surface area contributed by atoms with Crippen LogP contribution in [0.2, 0.25) is 0 Å². The van der Waals surface area contributed by atoms with E-state index in [4.69, 9.17) is 0 Å². The number of benzene rings is 1. The fourth-order valence-electron chi connectivity index (χ4n) is 2.51. The predicted molar refractivity (Wildman–Crippen MR) is 70.6 cm³/mol. The van der Waals surface area contributed by atoms with Crippen LogP contribution in [0.25, 0.3) is 0 Å². The van der Waals surface area contributed by atoms with Crippen LogP contribution in [0.4, 0.5) is 18.9 Å². The average Bonchev–Trinajstić information content (AvgIpc) is 2.63. The third-order valence-corrected chi connectivity index (χ3v) is 3.26. The van der Waals surface area contributed by atoms with Crippen molar-refractivity contribution in [2.24, 2.45) is 0 Å². The maximum absolute atomic E-state index is 13.1. The Morgan fingerprint density at radius 3 is 2.57 bits per heavy atom. The summed E-state index contributed by atoms with van der Waals surface area (Å²) in [6, 6.07) is 2.59. The summed E-state index contributed by atoms with van der Waals surface area (Å²) < 4.78 is 39.4. The number of para-hydroxylation sites is 1. The molecule has 2 amide bonds. The number of hydrogen-bond donors (Lipinski definition) is 1. The largest absolute Gasteiger partial charge is 0.418 e. The smallest absolute Gasteiger partial charge is 0.341 e. The van der Waals surface area contributed by atoms with Crippen molar-refractivity contribution in [3.8, 4) is 0 Å². The van der Waals surface area contributed by atoms with Gasteiger partial charge in [0.05, 0.1) is 11.3 Å². The average molecular weight is 300 g/mol. The number of alkyl halides is 3. The van der Waals surface area contributed by atoms with Gasteiger partial charge >= 0.3 is 6.18 Å². The molecular formula is C14H15F3N2O2. The minimum absolute atomic E-state index is 0.143. The fraction of sp³-hybridized carbons (Fsp3) is 0.429. The molecule has 0 saturated carbocycles. The quantitative estimate of drug-likeness (QED) is 0.933. The summed E-state index contributed by atoms with van der Waals surface area (Å²) in [5.41, 5.74) is -0.802. The fourth-order valence-corrected chi connectivity index (χ4v) is 2.51. The van der Waals surface area contributed by atoms with E-state index in [9.17, 15) is 22.8 Å². The van der Waals surface area contributed by atoms with Crippen LogP contribution in [-0.2, 0) is 15.8 Å². The van der Waals surface area contributed by atoms with Gasteiger partial charge in [0, 0.05) is 19.0 Å². The van der Waals surface area contributed by atoms with Gasteiger partial charge in [0.15, 0.2) is 0 Å². The highest BCUT2D eigenvalue weighted by Gasteiger charge is 2.44. The molecule has 0 unspecified atom stereocenters. The molecule has 0 radical (unpaired) electrons. The predicted octanol–water partition coefficient (Wildman–Crippen LogP) is 2.64. The third kappa shape index (κ3) is 2.72.